The zero-order valence-electron chi connectivity index (χ0n) is 14.5. The van der Waals surface area contributed by atoms with E-state index >= 15 is 0 Å². The molecule has 0 amide bonds. The Bertz CT molecular complexity index is 699. The fraction of sp³-hybridized carbons (Fsp3) is 0.444. The summed E-state index contributed by atoms with van der Waals surface area (Å²) in [6, 6.07) is 4.00. The van der Waals surface area contributed by atoms with Crippen LogP contribution in [0.4, 0.5) is 0 Å². The van der Waals surface area contributed by atoms with E-state index in [0.29, 0.717) is 10.8 Å². The zero-order chi connectivity index (χ0) is 17.4. The van der Waals surface area contributed by atoms with Crippen LogP contribution in [0, 0.1) is 0 Å². The maximum atomic E-state index is 10.7. The number of aromatic nitrogens is 1. The van der Waals surface area contributed by atoms with E-state index < -0.39 is 0 Å². The lowest BCUT2D eigenvalue weighted by atomic mass is 9.78. The van der Waals surface area contributed by atoms with E-state index in [1.54, 1.807) is 0 Å². The molecule has 0 aliphatic carbocycles. The molecule has 0 aliphatic rings. The Morgan fingerprint density at radius 2 is 1.57 bits per heavy atom. The standard InChI is InChI=1S/C18H24N2O2S/c1-17(2,3)12-7-11(8-13(16(12)21)18(4,5)6)14-10-23-15(20-14)9-19-22/h7-10,21-22H,1-6H3. The van der Waals surface area contributed by atoms with Gasteiger partial charge in [-0.1, -0.05) is 46.7 Å². The molecule has 0 bridgehead atoms. The topological polar surface area (TPSA) is 65.7 Å². The van der Waals surface area contributed by atoms with Crippen LogP contribution in [0.3, 0.4) is 0 Å². The fourth-order valence-corrected chi connectivity index (χ4v) is 3.13. The van der Waals surface area contributed by atoms with Crippen LogP contribution in [0.1, 0.15) is 57.7 Å². The molecule has 0 radical (unpaired) electrons. The smallest absolute Gasteiger partial charge is 0.138 e. The number of hydrogen-bond acceptors (Lipinski definition) is 5. The first kappa shape index (κ1) is 17.5. The van der Waals surface area contributed by atoms with E-state index in [4.69, 9.17) is 5.21 Å². The van der Waals surface area contributed by atoms with Gasteiger partial charge in [-0.15, -0.1) is 11.3 Å². The van der Waals surface area contributed by atoms with E-state index in [1.165, 1.54) is 17.6 Å². The average Bonchev–Trinajstić information content (AvgIpc) is 2.85. The third kappa shape index (κ3) is 3.72. The van der Waals surface area contributed by atoms with E-state index in [0.717, 1.165) is 22.4 Å². The van der Waals surface area contributed by atoms with E-state index in [1.807, 2.05) is 17.5 Å². The number of aromatic hydroxyl groups is 1. The van der Waals surface area contributed by atoms with Crippen LogP contribution in [0.25, 0.3) is 11.3 Å². The van der Waals surface area contributed by atoms with Gasteiger partial charge in [-0.05, 0) is 23.0 Å². The van der Waals surface area contributed by atoms with Crippen molar-refractivity contribution >= 4 is 17.6 Å². The Kier molecular flexibility index (Phi) is 4.53. The largest absolute Gasteiger partial charge is 0.507 e. The minimum absolute atomic E-state index is 0.175. The summed E-state index contributed by atoms with van der Waals surface area (Å²) in [6.07, 6.45) is 1.32. The summed E-state index contributed by atoms with van der Waals surface area (Å²) in [5.41, 5.74) is 3.25. The van der Waals surface area contributed by atoms with Gasteiger partial charge in [0.2, 0.25) is 0 Å². The van der Waals surface area contributed by atoms with Gasteiger partial charge in [-0.3, -0.25) is 0 Å². The Hall–Kier alpha value is -1.88. The number of hydrogen-bond donors (Lipinski definition) is 2. The summed E-state index contributed by atoms with van der Waals surface area (Å²) in [7, 11) is 0. The quantitative estimate of drug-likeness (QED) is 0.466. The van der Waals surface area contributed by atoms with E-state index in [-0.39, 0.29) is 10.8 Å². The molecule has 5 heteroatoms. The van der Waals surface area contributed by atoms with Gasteiger partial charge in [0, 0.05) is 22.1 Å². The highest BCUT2D eigenvalue weighted by Gasteiger charge is 2.27. The maximum absolute atomic E-state index is 10.7. The highest BCUT2D eigenvalue weighted by molar-refractivity contribution is 7.11. The lowest BCUT2D eigenvalue weighted by Gasteiger charge is -2.28. The molecule has 2 aromatic rings. The second-order valence-corrected chi connectivity index (χ2v) is 8.63. The van der Waals surface area contributed by atoms with Gasteiger partial charge < -0.3 is 10.3 Å². The first-order chi connectivity index (χ1) is 10.5. The van der Waals surface area contributed by atoms with Gasteiger partial charge in [0.25, 0.3) is 0 Å². The molecule has 4 nitrogen and oxygen atoms in total. The van der Waals surface area contributed by atoms with Crippen molar-refractivity contribution in [2.24, 2.45) is 5.16 Å². The number of nitrogens with zero attached hydrogens (tertiary/aromatic N) is 2. The molecule has 0 fully saturated rings. The number of phenolic OH excluding ortho intramolecular Hbond substituents is 1. The van der Waals surface area contributed by atoms with Crippen LogP contribution in [-0.2, 0) is 10.8 Å². The Morgan fingerprint density at radius 3 is 2.00 bits per heavy atom. The molecule has 124 valence electrons. The molecule has 1 aromatic heterocycles. The average molecular weight is 332 g/mol. The molecule has 0 saturated carbocycles. The molecule has 2 rings (SSSR count). The maximum Gasteiger partial charge on any atom is 0.138 e. The van der Waals surface area contributed by atoms with Gasteiger partial charge >= 0.3 is 0 Å². The first-order valence-electron chi connectivity index (χ1n) is 7.55. The number of thiazole rings is 1. The predicted molar refractivity (Wildman–Crippen MR) is 96.0 cm³/mol. The zero-order valence-corrected chi connectivity index (χ0v) is 15.3. The molecule has 1 heterocycles. The number of oxime groups is 1. The third-order valence-electron chi connectivity index (χ3n) is 3.71. The summed E-state index contributed by atoms with van der Waals surface area (Å²) < 4.78 is 0. The molecule has 0 aliphatic heterocycles. The Balaban J connectivity index is 2.68. The summed E-state index contributed by atoms with van der Waals surface area (Å²) in [5, 5.41) is 25.0. The molecule has 0 saturated heterocycles. The third-order valence-corrected chi connectivity index (χ3v) is 4.49. The lowest BCUT2D eigenvalue weighted by molar-refractivity contribution is 0.322. The van der Waals surface area contributed by atoms with Gasteiger partial charge in [0.15, 0.2) is 0 Å². The van der Waals surface area contributed by atoms with Crippen LogP contribution < -0.4 is 0 Å². The van der Waals surface area contributed by atoms with Crippen LogP contribution in [0.15, 0.2) is 22.7 Å². The van der Waals surface area contributed by atoms with Gasteiger partial charge in [0.1, 0.15) is 17.0 Å². The van der Waals surface area contributed by atoms with Crippen LogP contribution in [-0.4, -0.2) is 21.5 Å². The molecule has 0 spiro atoms. The Labute approximate surface area is 141 Å². The van der Waals surface area contributed by atoms with Gasteiger partial charge in [0.05, 0.1) is 5.69 Å². The van der Waals surface area contributed by atoms with Crippen molar-refractivity contribution in [1.29, 1.82) is 0 Å². The second kappa shape index (κ2) is 5.96. The summed E-state index contributed by atoms with van der Waals surface area (Å²) in [5.74, 6) is 0.362. The van der Waals surface area contributed by atoms with Crippen LogP contribution in [0.2, 0.25) is 0 Å². The van der Waals surface area contributed by atoms with Crippen molar-refractivity contribution in [1.82, 2.24) is 4.98 Å². The minimum atomic E-state index is -0.175. The van der Waals surface area contributed by atoms with Crippen molar-refractivity contribution < 1.29 is 10.3 Å². The molecular formula is C18H24N2O2S. The first-order valence-corrected chi connectivity index (χ1v) is 8.43. The molecule has 2 N–H and O–H groups in total. The van der Waals surface area contributed by atoms with Crippen molar-refractivity contribution in [2.75, 3.05) is 0 Å². The molecule has 0 unspecified atom stereocenters. The monoisotopic (exact) mass is 332 g/mol. The minimum Gasteiger partial charge on any atom is -0.507 e. The fourth-order valence-electron chi connectivity index (χ4n) is 2.45. The normalized spacial score (nSPS) is 13.0. The molecular weight excluding hydrogens is 308 g/mol. The SMILES string of the molecule is CC(C)(C)c1cc(-c2csc(C=NO)n2)cc(C(C)(C)C)c1O. The predicted octanol–water partition coefficient (Wildman–Crippen LogP) is 4.92. The van der Waals surface area contributed by atoms with Crippen molar-refractivity contribution in [3.05, 3.63) is 33.6 Å². The molecule has 1 aromatic carbocycles. The number of rotatable bonds is 2. The highest BCUT2D eigenvalue weighted by atomic mass is 32.1. The van der Waals surface area contributed by atoms with Crippen molar-refractivity contribution in [3.63, 3.8) is 0 Å². The number of benzene rings is 1. The van der Waals surface area contributed by atoms with E-state index in [9.17, 15) is 5.11 Å². The second-order valence-electron chi connectivity index (χ2n) is 7.74. The van der Waals surface area contributed by atoms with Gasteiger partial charge in [-0.25, -0.2) is 4.98 Å². The molecule has 0 atom stereocenters. The summed E-state index contributed by atoms with van der Waals surface area (Å²) in [6.45, 7) is 12.5. The lowest BCUT2D eigenvalue weighted by Crippen LogP contribution is -2.17. The van der Waals surface area contributed by atoms with Crippen LogP contribution >= 0.6 is 11.3 Å². The summed E-state index contributed by atoms with van der Waals surface area (Å²) in [4.78, 5) is 4.47. The van der Waals surface area contributed by atoms with Crippen molar-refractivity contribution in [2.45, 2.75) is 52.4 Å². The number of phenols is 1. The van der Waals surface area contributed by atoms with E-state index in [2.05, 4.69) is 51.7 Å². The Morgan fingerprint density at radius 1 is 1.04 bits per heavy atom. The summed E-state index contributed by atoms with van der Waals surface area (Å²) >= 11 is 1.42. The van der Waals surface area contributed by atoms with Gasteiger partial charge in [-0.2, -0.15) is 0 Å². The van der Waals surface area contributed by atoms with Crippen LogP contribution in [0.5, 0.6) is 5.75 Å². The van der Waals surface area contributed by atoms with Crippen molar-refractivity contribution in [3.8, 4) is 17.0 Å². The molecule has 23 heavy (non-hydrogen) atoms. The highest BCUT2D eigenvalue weighted by Crippen LogP contribution is 2.41.